The van der Waals surface area contributed by atoms with E-state index in [0.717, 1.165) is 16.9 Å². The zero-order valence-corrected chi connectivity index (χ0v) is 14.4. The van der Waals surface area contributed by atoms with Gasteiger partial charge in [0.05, 0.1) is 25.4 Å². The first kappa shape index (κ1) is 16.0. The average molecular weight is 354 g/mol. The Morgan fingerprint density at radius 1 is 1.28 bits per heavy atom. The topological polar surface area (TPSA) is 71.2 Å². The number of nitrogens with zero attached hydrogens (tertiary/aromatic N) is 4. The van der Waals surface area contributed by atoms with Gasteiger partial charge in [-0.1, -0.05) is 35.5 Å². The molecule has 0 bridgehead atoms. The van der Waals surface area contributed by atoms with E-state index in [0.29, 0.717) is 18.8 Å². The first-order valence-electron chi connectivity index (χ1n) is 8.18. The van der Waals surface area contributed by atoms with Crippen LogP contribution in [-0.4, -0.2) is 44.1 Å². The summed E-state index contributed by atoms with van der Waals surface area (Å²) < 4.78 is 1.67. The van der Waals surface area contributed by atoms with Crippen LogP contribution in [0.1, 0.15) is 32.5 Å². The molecule has 7 heteroatoms. The molecule has 1 aromatic carbocycles. The molecule has 0 spiro atoms. The van der Waals surface area contributed by atoms with Crippen LogP contribution >= 0.6 is 11.3 Å². The normalized spacial score (nSPS) is 16.7. The maximum absolute atomic E-state index is 12.9. The van der Waals surface area contributed by atoms with E-state index in [2.05, 4.69) is 16.4 Å². The summed E-state index contributed by atoms with van der Waals surface area (Å²) in [6, 6.07) is 11.6. The molecule has 0 saturated carbocycles. The summed E-state index contributed by atoms with van der Waals surface area (Å²) in [7, 11) is 0. The van der Waals surface area contributed by atoms with E-state index in [1.807, 2.05) is 35.7 Å². The molecule has 25 heavy (non-hydrogen) atoms. The van der Waals surface area contributed by atoms with Gasteiger partial charge < -0.3 is 10.0 Å². The lowest BCUT2D eigenvalue weighted by Gasteiger charge is -2.35. The molecule has 6 nitrogen and oxygen atoms in total. The van der Waals surface area contributed by atoms with Gasteiger partial charge >= 0.3 is 0 Å². The molecule has 0 saturated heterocycles. The summed E-state index contributed by atoms with van der Waals surface area (Å²) in [6.07, 6.45) is 2.46. The SMILES string of the molecule is O=C(c1cn(Cc2cccs2)nn1)N1CCc2ccccc2C1CO. The van der Waals surface area contributed by atoms with Crippen LogP contribution in [0.3, 0.4) is 0 Å². The Hall–Kier alpha value is -2.51. The number of aromatic nitrogens is 3. The monoisotopic (exact) mass is 354 g/mol. The first-order chi connectivity index (χ1) is 12.3. The number of aliphatic hydroxyl groups is 1. The van der Waals surface area contributed by atoms with Crippen LogP contribution < -0.4 is 0 Å². The van der Waals surface area contributed by atoms with Gasteiger partial charge in [0.2, 0.25) is 0 Å². The number of hydrogen-bond acceptors (Lipinski definition) is 5. The third-order valence-corrected chi connectivity index (χ3v) is 5.36. The van der Waals surface area contributed by atoms with Gasteiger partial charge in [-0.2, -0.15) is 0 Å². The molecule has 1 unspecified atom stereocenters. The Balaban J connectivity index is 1.55. The van der Waals surface area contributed by atoms with Crippen LogP contribution in [0.25, 0.3) is 0 Å². The molecule has 0 aliphatic carbocycles. The molecule has 128 valence electrons. The highest BCUT2D eigenvalue weighted by atomic mass is 32.1. The molecule has 0 radical (unpaired) electrons. The van der Waals surface area contributed by atoms with Crippen LogP contribution in [0.5, 0.6) is 0 Å². The van der Waals surface area contributed by atoms with Crippen molar-refractivity contribution in [3.05, 3.63) is 69.7 Å². The number of hydrogen-bond donors (Lipinski definition) is 1. The summed E-state index contributed by atoms with van der Waals surface area (Å²) in [5.74, 6) is -0.189. The lowest BCUT2D eigenvalue weighted by atomic mass is 9.93. The van der Waals surface area contributed by atoms with Gasteiger partial charge in [-0.25, -0.2) is 4.68 Å². The lowest BCUT2D eigenvalue weighted by molar-refractivity contribution is 0.0562. The minimum Gasteiger partial charge on any atom is -0.394 e. The highest BCUT2D eigenvalue weighted by molar-refractivity contribution is 7.09. The highest BCUT2D eigenvalue weighted by Crippen LogP contribution is 2.30. The third kappa shape index (κ3) is 3.08. The van der Waals surface area contributed by atoms with Crippen molar-refractivity contribution in [1.29, 1.82) is 0 Å². The standard InChI is InChI=1S/C18H18N4O2S/c23-12-17-15-6-2-1-4-13(15)7-8-22(17)18(24)16-11-21(20-19-16)10-14-5-3-9-25-14/h1-6,9,11,17,23H,7-8,10,12H2. The Kier molecular flexibility index (Phi) is 4.33. The second-order valence-electron chi connectivity index (χ2n) is 6.03. The minimum atomic E-state index is -0.333. The van der Waals surface area contributed by atoms with Crippen molar-refractivity contribution in [3.63, 3.8) is 0 Å². The summed E-state index contributed by atoms with van der Waals surface area (Å²) in [5.41, 5.74) is 2.51. The summed E-state index contributed by atoms with van der Waals surface area (Å²) in [5, 5.41) is 20.0. The molecule has 1 amide bonds. The molecule has 3 heterocycles. The number of thiophene rings is 1. The van der Waals surface area contributed by atoms with Gasteiger partial charge in [0.1, 0.15) is 0 Å². The van der Waals surface area contributed by atoms with E-state index in [9.17, 15) is 9.90 Å². The van der Waals surface area contributed by atoms with Crippen LogP contribution in [0.2, 0.25) is 0 Å². The van der Waals surface area contributed by atoms with Crippen LogP contribution in [0.15, 0.2) is 48.0 Å². The fourth-order valence-electron chi connectivity index (χ4n) is 3.27. The van der Waals surface area contributed by atoms with Crippen LogP contribution in [0, 0.1) is 0 Å². The Bertz CT molecular complexity index is 875. The van der Waals surface area contributed by atoms with Gasteiger partial charge in [0.25, 0.3) is 5.91 Å². The molecule has 4 rings (SSSR count). The molecule has 2 aromatic heterocycles. The zero-order valence-electron chi connectivity index (χ0n) is 13.6. The second-order valence-corrected chi connectivity index (χ2v) is 7.06. The van der Waals surface area contributed by atoms with E-state index in [4.69, 9.17) is 0 Å². The fraction of sp³-hybridized carbons (Fsp3) is 0.278. The average Bonchev–Trinajstić information content (AvgIpc) is 3.32. The van der Waals surface area contributed by atoms with Gasteiger partial charge in [-0.05, 0) is 29.0 Å². The van der Waals surface area contributed by atoms with E-state index >= 15 is 0 Å². The fourth-order valence-corrected chi connectivity index (χ4v) is 3.97. The van der Waals surface area contributed by atoms with E-state index < -0.39 is 0 Å². The number of fused-ring (bicyclic) bond motifs is 1. The number of amides is 1. The predicted molar refractivity (Wildman–Crippen MR) is 94.5 cm³/mol. The Morgan fingerprint density at radius 3 is 2.96 bits per heavy atom. The van der Waals surface area contributed by atoms with Crippen LogP contribution in [-0.2, 0) is 13.0 Å². The highest BCUT2D eigenvalue weighted by Gasteiger charge is 2.31. The molecule has 3 aromatic rings. The van der Waals surface area contributed by atoms with Gasteiger partial charge in [0.15, 0.2) is 5.69 Å². The maximum atomic E-state index is 12.9. The third-order valence-electron chi connectivity index (χ3n) is 4.50. The van der Waals surface area contributed by atoms with Gasteiger partial charge in [-0.3, -0.25) is 4.79 Å². The zero-order chi connectivity index (χ0) is 17.2. The summed E-state index contributed by atoms with van der Waals surface area (Å²) >= 11 is 1.64. The van der Waals surface area contributed by atoms with E-state index in [1.165, 1.54) is 5.56 Å². The van der Waals surface area contributed by atoms with Crippen molar-refractivity contribution >= 4 is 17.2 Å². The van der Waals surface area contributed by atoms with E-state index in [-0.39, 0.29) is 18.6 Å². The smallest absolute Gasteiger partial charge is 0.276 e. The number of carbonyl (C=O) groups is 1. The van der Waals surface area contributed by atoms with Gasteiger partial charge in [0, 0.05) is 11.4 Å². The van der Waals surface area contributed by atoms with Gasteiger partial charge in [-0.15, -0.1) is 16.4 Å². The summed E-state index contributed by atoms with van der Waals surface area (Å²) in [4.78, 5) is 15.7. The molecule has 0 fully saturated rings. The molecule has 1 aliphatic rings. The first-order valence-corrected chi connectivity index (χ1v) is 9.06. The van der Waals surface area contributed by atoms with Crippen molar-refractivity contribution < 1.29 is 9.90 Å². The number of rotatable bonds is 4. The van der Waals surface area contributed by atoms with Crippen molar-refractivity contribution in [2.45, 2.75) is 19.0 Å². The predicted octanol–water partition coefficient (Wildman–Crippen LogP) is 2.12. The number of aliphatic hydroxyl groups excluding tert-OH is 1. The molecular formula is C18H18N4O2S. The maximum Gasteiger partial charge on any atom is 0.276 e. The van der Waals surface area contributed by atoms with Crippen molar-refractivity contribution in [2.24, 2.45) is 0 Å². The molecule has 1 aliphatic heterocycles. The number of carbonyl (C=O) groups excluding carboxylic acids is 1. The largest absolute Gasteiger partial charge is 0.394 e. The van der Waals surface area contributed by atoms with Crippen molar-refractivity contribution in [2.75, 3.05) is 13.2 Å². The van der Waals surface area contributed by atoms with Crippen molar-refractivity contribution in [1.82, 2.24) is 19.9 Å². The minimum absolute atomic E-state index is 0.105. The van der Waals surface area contributed by atoms with Crippen molar-refractivity contribution in [3.8, 4) is 0 Å². The lowest BCUT2D eigenvalue weighted by Crippen LogP contribution is -2.41. The Morgan fingerprint density at radius 2 is 2.16 bits per heavy atom. The number of benzene rings is 1. The molecule has 1 N–H and O–H groups in total. The second kappa shape index (κ2) is 6.78. The van der Waals surface area contributed by atoms with Crippen LogP contribution in [0.4, 0.5) is 0 Å². The summed E-state index contributed by atoms with van der Waals surface area (Å²) in [6.45, 7) is 1.06. The molecule has 1 atom stereocenters. The van der Waals surface area contributed by atoms with E-state index in [1.54, 1.807) is 27.1 Å². The Labute approximate surface area is 149 Å². The molecular weight excluding hydrogens is 336 g/mol. The quantitative estimate of drug-likeness (QED) is 0.779.